The Bertz CT molecular complexity index is 803. The molecule has 0 bridgehead atoms. The molecule has 2 heterocycles. The van der Waals surface area contributed by atoms with Gasteiger partial charge in [-0.1, -0.05) is 37.6 Å². The lowest BCUT2D eigenvalue weighted by atomic mass is 10.0. The summed E-state index contributed by atoms with van der Waals surface area (Å²) in [5, 5.41) is 2.12. The predicted molar refractivity (Wildman–Crippen MR) is 79.6 cm³/mol. The molecule has 2 aromatic heterocycles. The average molecular weight is 265 g/mol. The predicted octanol–water partition coefficient (Wildman–Crippen LogP) is 2.94. The van der Waals surface area contributed by atoms with Crippen molar-refractivity contribution in [2.75, 3.05) is 0 Å². The fourth-order valence-corrected chi connectivity index (χ4v) is 2.45. The van der Waals surface area contributed by atoms with Crippen molar-refractivity contribution < 1.29 is 0 Å². The third kappa shape index (κ3) is 2.09. The van der Waals surface area contributed by atoms with E-state index in [1.165, 1.54) is 6.33 Å². The second-order valence-corrected chi connectivity index (χ2v) is 4.72. The third-order valence-electron chi connectivity index (χ3n) is 3.37. The molecule has 0 saturated carbocycles. The fraction of sp³-hybridized carbons (Fsp3) is 0.188. The van der Waals surface area contributed by atoms with Crippen LogP contribution in [0.5, 0.6) is 0 Å². The molecule has 0 aliphatic rings. The Kier molecular flexibility index (Phi) is 3.29. The van der Waals surface area contributed by atoms with Gasteiger partial charge in [0.05, 0.1) is 12.0 Å². The Morgan fingerprint density at radius 3 is 2.90 bits per heavy atom. The molecule has 1 aromatic carbocycles. The van der Waals surface area contributed by atoms with Gasteiger partial charge in [-0.3, -0.25) is 9.78 Å². The zero-order valence-corrected chi connectivity index (χ0v) is 11.3. The standard InChI is InChI=1S/C16H15N3O/c1-2-5-13-15(18-10-19-16(13)20)14-9-17-8-11-6-3-4-7-12(11)14/h3-4,6-10H,2,5H2,1H3,(H,18,19,20). The molecule has 3 aromatic rings. The van der Waals surface area contributed by atoms with Gasteiger partial charge in [0.2, 0.25) is 0 Å². The van der Waals surface area contributed by atoms with Crippen LogP contribution in [-0.2, 0) is 6.42 Å². The zero-order chi connectivity index (χ0) is 13.9. The molecule has 20 heavy (non-hydrogen) atoms. The summed E-state index contributed by atoms with van der Waals surface area (Å²) >= 11 is 0. The molecule has 4 nitrogen and oxygen atoms in total. The summed E-state index contributed by atoms with van der Waals surface area (Å²) in [7, 11) is 0. The zero-order valence-electron chi connectivity index (χ0n) is 11.3. The van der Waals surface area contributed by atoms with E-state index in [1.807, 2.05) is 30.5 Å². The van der Waals surface area contributed by atoms with Gasteiger partial charge in [-0.2, -0.15) is 0 Å². The maximum absolute atomic E-state index is 12.0. The van der Waals surface area contributed by atoms with Crippen LogP contribution in [0.3, 0.4) is 0 Å². The first kappa shape index (κ1) is 12.5. The number of aromatic nitrogens is 3. The average Bonchev–Trinajstić information content (AvgIpc) is 2.49. The molecule has 0 spiro atoms. The smallest absolute Gasteiger partial charge is 0.254 e. The summed E-state index contributed by atoms with van der Waals surface area (Å²) < 4.78 is 0. The number of fused-ring (bicyclic) bond motifs is 1. The van der Waals surface area contributed by atoms with Crippen molar-refractivity contribution in [2.45, 2.75) is 19.8 Å². The molecule has 0 aliphatic heterocycles. The molecule has 0 radical (unpaired) electrons. The van der Waals surface area contributed by atoms with Gasteiger partial charge in [0, 0.05) is 28.9 Å². The minimum Gasteiger partial charge on any atom is -0.313 e. The summed E-state index contributed by atoms with van der Waals surface area (Å²) in [5.41, 5.74) is 2.32. The number of benzene rings is 1. The van der Waals surface area contributed by atoms with Crippen molar-refractivity contribution in [3.05, 3.63) is 58.9 Å². The molecular weight excluding hydrogens is 250 g/mol. The first-order valence-electron chi connectivity index (χ1n) is 6.71. The highest BCUT2D eigenvalue weighted by Crippen LogP contribution is 2.27. The van der Waals surface area contributed by atoms with E-state index in [0.717, 1.165) is 34.0 Å². The van der Waals surface area contributed by atoms with Crippen LogP contribution in [0.1, 0.15) is 18.9 Å². The van der Waals surface area contributed by atoms with E-state index < -0.39 is 0 Å². The third-order valence-corrected chi connectivity index (χ3v) is 3.37. The number of rotatable bonds is 3. The largest absolute Gasteiger partial charge is 0.313 e. The first-order valence-corrected chi connectivity index (χ1v) is 6.71. The van der Waals surface area contributed by atoms with Crippen LogP contribution < -0.4 is 5.56 Å². The minimum absolute atomic E-state index is 0.0650. The number of nitrogens with zero attached hydrogens (tertiary/aromatic N) is 2. The Balaban J connectivity index is 2.31. The van der Waals surface area contributed by atoms with Crippen LogP contribution in [-0.4, -0.2) is 15.0 Å². The maximum Gasteiger partial charge on any atom is 0.254 e. The molecule has 0 atom stereocenters. The molecule has 0 unspecified atom stereocenters. The molecule has 0 saturated heterocycles. The van der Waals surface area contributed by atoms with Crippen LogP contribution >= 0.6 is 0 Å². The van der Waals surface area contributed by atoms with Gasteiger partial charge >= 0.3 is 0 Å². The van der Waals surface area contributed by atoms with Crippen molar-refractivity contribution >= 4 is 10.8 Å². The van der Waals surface area contributed by atoms with E-state index in [2.05, 4.69) is 21.9 Å². The van der Waals surface area contributed by atoms with Gasteiger partial charge in [0.1, 0.15) is 0 Å². The fourth-order valence-electron chi connectivity index (χ4n) is 2.45. The van der Waals surface area contributed by atoms with Gasteiger partial charge in [0.25, 0.3) is 5.56 Å². The second kappa shape index (κ2) is 5.25. The van der Waals surface area contributed by atoms with E-state index in [0.29, 0.717) is 6.42 Å². The summed E-state index contributed by atoms with van der Waals surface area (Å²) in [5.74, 6) is 0. The van der Waals surface area contributed by atoms with Crippen LogP contribution in [0.4, 0.5) is 0 Å². The highest BCUT2D eigenvalue weighted by Gasteiger charge is 2.12. The van der Waals surface area contributed by atoms with Crippen molar-refractivity contribution in [2.24, 2.45) is 0 Å². The summed E-state index contributed by atoms with van der Waals surface area (Å²) in [4.78, 5) is 23.3. The van der Waals surface area contributed by atoms with Crippen LogP contribution in [0.15, 0.2) is 47.8 Å². The topological polar surface area (TPSA) is 58.6 Å². The summed E-state index contributed by atoms with van der Waals surface area (Å²) in [6, 6.07) is 8.01. The van der Waals surface area contributed by atoms with E-state index in [1.54, 1.807) is 6.20 Å². The number of nitrogens with one attached hydrogen (secondary N) is 1. The van der Waals surface area contributed by atoms with E-state index in [-0.39, 0.29) is 5.56 Å². The number of hydrogen-bond donors (Lipinski definition) is 1. The normalized spacial score (nSPS) is 10.8. The molecule has 3 rings (SSSR count). The van der Waals surface area contributed by atoms with Gasteiger partial charge < -0.3 is 4.98 Å². The Morgan fingerprint density at radius 1 is 1.20 bits per heavy atom. The van der Waals surface area contributed by atoms with Crippen LogP contribution in [0.2, 0.25) is 0 Å². The number of H-pyrrole nitrogens is 1. The molecule has 4 heteroatoms. The van der Waals surface area contributed by atoms with Crippen molar-refractivity contribution in [3.8, 4) is 11.3 Å². The molecule has 0 aliphatic carbocycles. The molecule has 1 N–H and O–H groups in total. The SMILES string of the molecule is CCCc1c(-c2cncc3ccccc23)nc[nH]c1=O. The summed E-state index contributed by atoms with van der Waals surface area (Å²) in [6.07, 6.45) is 6.68. The Morgan fingerprint density at radius 2 is 2.05 bits per heavy atom. The van der Waals surface area contributed by atoms with Crippen LogP contribution in [0, 0.1) is 0 Å². The Hall–Kier alpha value is -2.49. The molecular formula is C16H15N3O. The first-order chi connectivity index (χ1) is 9.81. The molecule has 100 valence electrons. The van der Waals surface area contributed by atoms with Crippen molar-refractivity contribution in [1.29, 1.82) is 0 Å². The molecule has 0 fully saturated rings. The quantitative estimate of drug-likeness (QED) is 0.792. The van der Waals surface area contributed by atoms with Crippen molar-refractivity contribution in [3.63, 3.8) is 0 Å². The van der Waals surface area contributed by atoms with Gasteiger partial charge in [-0.15, -0.1) is 0 Å². The van der Waals surface area contributed by atoms with Crippen LogP contribution in [0.25, 0.3) is 22.0 Å². The lowest BCUT2D eigenvalue weighted by molar-refractivity contribution is 0.888. The number of hydrogen-bond acceptors (Lipinski definition) is 3. The molecule has 0 amide bonds. The highest BCUT2D eigenvalue weighted by atomic mass is 16.1. The number of pyridine rings is 1. The lowest BCUT2D eigenvalue weighted by Crippen LogP contribution is -2.15. The summed E-state index contributed by atoms with van der Waals surface area (Å²) in [6.45, 7) is 2.05. The van der Waals surface area contributed by atoms with Crippen molar-refractivity contribution in [1.82, 2.24) is 15.0 Å². The maximum atomic E-state index is 12.0. The minimum atomic E-state index is -0.0650. The Labute approximate surface area is 116 Å². The van der Waals surface area contributed by atoms with Gasteiger partial charge in [0.15, 0.2) is 0 Å². The van der Waals surface area contributed by atoms with Gasteiger partial charge in [-0.05, 0) is 11.8 Å². The van der Waals surface area contributed by atoms with Gasteiger partial charge in [-0.25, -0.2) is 4.98 Å². The van der Waals surface area contributed by atoms with E-state index in [9.17, 15) is 4.79 Å². The van der Waals surface area contributed by atoms with E-state index >= 15 is 0 Å². The highest BCUT2D eigenvalue weighted by molar-refractivity contribution is 5.95. The number of aromatic amines is 1. The second-order valence-electron chi connectivity index (χ2n) is 4.72. The van der Waals surface area contributed by atoms with E-state index in [4.69, 9.17) is 0 Å². The lowest BCUT2D eigenvalue weighted by Gasteiger charge is -2.09. The monoisotopic (exact) mass is 265 g/mol.